The lowest BCUT2D eigenvalue weighted by Gasteiger charge is -2.19. The molecule has 0 saturated carbocycles. The molecule has 132 valence electrons. The average molecular weight is 333 g/mol. The molecule has 5 nitrogen and oxygen atoms in total. The highest BCUT2D eigenvalue weighted by Crippen LogP contribution is 2.35. The predicted molar refractivity (Wildman–Crippen MR) is 96.4 cm³/mol. The van der Waals surface area contributed by atoms with E-state index in [9.17, 15) is 9.90 Å². The van der Waals surface area contributed by atoms with E-state index in [1.807, 2.05) is 13.8 Å². The summed E-state index contributed by atoms with van der Waals surface area (Å²) < 4.78 is 12.9. The van der Waals surface area contributed by atoms with E-state index in [-0.39, 0.29) is 23.1 Å². The van der Waals surface area contributed by atoms with Gasteiger partial charge in [0.15, 0.2) is 5.75 Å². The van der Waals surface area contributed by atoms with Crippen LogP contribution in [-0.2, 0) is 0 Å². The van der Waals surface area contributed by atoms with Gasteiger partial charge >= 0.3 is 0 Å². The second kappa shape index (κ2) is 8.08. The Morgan fingerprint density at radius 1 is 1.17 bits per heavy atom. The third-order valence-electron chi connectivity index (χ3n) is 4.07. The van der Waals surface area contributed by atoms with Gasteiger partial charge in [0.1, 0.15) is 5.75 Å². The average Bonchev–Trinajstić information content (AvgIpc) is 2.54. The molecule has 1 aromatic carbocycles. The van der Waals surface area contributed by atoms with Crippen molar-refractivity contribution in [1.29, 1.82) is 0 Å². The second-order valence-electron chi connectivity index (χ2n) is 6.24. The number of phenols is 1. The zero-order valence-electron chi connectivity index (χ0n) is 15.0. The van der Waals surface area contributed by atoms with Crippen LogP contribution in [0.3, 0.4) is 0 Å². The van der Waals surface area contributed by atoms with Gasteiger partial charge in [-0.15, -0.1) is 0 Å². The van der Waals surface area contributed by atoms with Crippen LogP contribution < -0.4 is 15.0 Å². The van der Waals surface area contributed by atoms with Gasteiger partial charge in [-0.2, -0.15) is 0 Å². The quantitative estimate of drug-likeness (QED) is 0.733. The lowest BCUT2D eigenvalue weighted by atomic mass is 10.1. The Labute approximate surface area is 142 Å². The predicted octanol–water partition coefficient (Wildman–Crippen LogP) is 4.26. The smallest absolute Gasteiger partial charge is 0.297 e. The van der Waals surface area contributed by atoms with Crippen LogP contribution in [-0.4, -0.2) is 23.4 Å². The zero-order valence-corrected chi connectivity index (χ0v) is 15.0. The molecule has 0 saturated heterocycles. The Hall–Kier alpha value is -2.17. The molecule has 0 radical (unpaired) electrons. The van der Waals surface area contributed by atoms with Crippen molar-refractivity contribution in [2.24, 2.45) is 0 Å². The Morgan fingerprint density at radius 2 is 1.92 bits per heavy atom. The third-order valence-corrected chi connectivity index (χ3v) is 4.07. The van der Waals surface area contributed by atoms with Gasteiger partial charge in [-0.1, -0.05) is 26.2 Å². The highest BCUT2D eigenvalue weighted by molar-refractivity contribution is 5.89. The van der Waals surface area contributed by atoms with Gasteiger partial charge < -0.3 is 19.1 Å². The fourth-order valence-corrected chi connectivity index (χ4v) is 2.90. The number of rotatable bonds is 8. The molecule has 0 fully saturated rings. The molecule has 0 spiro atoms. The van der Waals surface area contributed by atoms with Gasteiger partial charge in [0.2, 0.25) is 5.75 Å². The standard InChI is InChI=1S/C19H27NO4/c1-5-6-7-8-11-24-18-17(23-4)15-10-9-14(21)12-16(15)20(13(2)3)19(18)22/h9-10,12-13,21H,5-8,11H2,1-4H3. The number of unbranched alkanes of at least 4 members (excludes halogenated alkanes) is 3. The molecule has 0 atom stereocenters. The van der Waals surface area contributed by atoms with E-state index in [1.54, 1.807) is 22.8 Å². The van der Waals surface area contributed by atoms with Crippen LogP contribution in [0, 0.1) is 0 Å². The highest BCUT2D eigenvalue weighted by Gasteiger charge is 2.20. The van der Waals surface area contributed by atoms with Crippen LogP contribution >= 0.6 is 0 Å². The molecule has 24 heavy (non-hydrogen) atoms. The Bertz CT molecular complexity index is 749. The van der Waals surface area contributed by atoms with Crippen molar-refractivity contribution in [3.63, 3.8) is 0 Å². The van der Waals surface area contributed by atoms with Crippen LogP contribution in [0.5, 0.6) is 17.2 Å². The molecule has 1 heterocycles. The SMILES string of the molecule is CCCCCCOc1c(OC)c2ccc(O)cc2n(C(C)C)c1=O. The van der Waals surface area contributed by atoms with E-state index >= 15 is 0 Å². The lowest BCUT2D eigenvalue weighted by molar-refractivity contribution is 0.279. The van der Waals surface area contributed by atoms with E-state index in [1.165, 1.54) is 7.11 Å². The molecule has 0 aliphatic heterocycles. The topological polar surface area (TPSA) is 60.7 Å². The van der Waals surface area contributed by atoms with Crippen LogP contribution in [0.25, 0.3) is 10.9 Å². The number of phenolic OH excluding ortho intramolecular Hbond substituents is 1. The summed E-state index contributed by atoms with van der Waals surface area (Å²) in [4.78, 5) is 12.9. The van der Waals surface area contributed by atoms with E-state index in [0.717, 1.165) is 31.1 Å². The summed E-state index contributed by atoms with van der Waals surface area (Å²) in [6.45, 7) is 6.52. The number of aromatic hydroxyl groups is 1. The number of hydrogen-bond acceptors (Lipinski definition) is 4. The number of methoxy groups -OCH3 is 1. The maximum absolute atomic E-state index is 12.9. The van der Waals surface area contributed by atoms with Gasteiger partial charge in [0, 0.05) is 17.5 Å². The van der Waals surface area contributed by atoms with Crippen LogP contribution in [0.15, 0.2) is 23.0 Å². The Kier molecular flexibility index (Phi) is 6.12. The number of hydrogen-bond donors (Lipinski definition) is 1. The van der Waals surface area contributed by atoms with Gasteiger partial charge in [0.25, 0.3) is 5.56 Å². The Morgan fingerprint density at radius 3 is 2.54 bits per heavy atom. The van der Waals surface area contributed by atoms with Crippen LogP contribution in [0.1, 0.15) is 52.5 Å². The first kappa shape index (κ1) is 18.2. The van der Waals surface area contributed by atoms with E-state index in [2.05, 4.69) is 6.92 Å². The number of fused-ring (bicyclic) bond motifs is 1. The number of pyridine rings is 1. The second-order valence-corrected chi connectivity index (χ2v) is 6.24. The van der Waals surface area contributed by atoms with Crippen molar-refractivity contribution in [3.05, 3.63) is 28.6 Å². The molecule has 5 heteroatoms. The molecule has 0 bridgehead atoms. The van der Waals surface area contributed by atoms with E-state index in [0.29, 0.717) is 17.9 Å². The summed E-state index contributed by atoms with van der Waals surface area (Å²) >= 11 is 0. The summed E-state index contributed by atoms with van der Waals surface area (Å²) in [5.74, 6) is 0.801. The zero-order chi connectivity index (χ0) is 17.7. The normalized spacial score (nSPS) is 11.2. The van der Waals surface area contributed by atoms with Crippen LogP contribution in [0.2, 0.25) is 0 Å². The number of ether oxygens (including phenoxy) is 2. The molecule has 2 rings (SSSR count). The number of aromatic nitrogens is 1. The molecular weight excluding hydrogens is 306 g/mol. The van der Waals surface area contributed by atoms with Crippen LogP contribution in [0.4, 0.5) is 0 Å². The Balaban J connectivity index is 2.51. The van der Waals surface area contributed by atoms with Gasteiger partial charge in [-0.25, -0.2) is 0 Å². The summed E-state index contributed by atoms with van der Waals surface area (Å²) in [6.07, 6.45) is 4.31. The molecular formula is C19H27NO4. The van der Waals surface area contributed by atoms with Crippen molar-refractivity contribution >= 4 is 10.9 Å². The molecule has 1 N–H and O–H groups in total. The fourth-order valence-electron chi connectivity index (χ4n) is 2.90. The van der Waals surface area contributed by atoms with Gasteiger partial charge in [-0.05, 0) is 32.4 Å². The van der Waals surface area contributed by atoms with E-state index < -0.39 is 0 Å². The van der Waals surface area contributed by atoms with Crippen molar-refractivity contribution in [3.8, 4) is 17.2 Å². The summed E-state index contributed by atoms with van der Waals surface area (Å²) in [5.41, 5.74) is 0.417. The maximum atomic E-state index is 12.9. The number of nitrogens with zero attached hydrogens (tertiary/aromatic N) is 1. The fraction of sp³-hybridized carbons (Fsp3) is 0.526. The maximum Gasteiger partial charge on any atom is 0.297 e. The van der Waals surface area contributed by atoms with Crippen molar-refractivity contribution in [2.75, 3.05) is 13.7 Å². The summed E-state index contributed by atoms with van der Waals surface area (Å²) in [6, 6.07) is 4.87. The lowest BCUT2D eigenvalue weighted by Crippen LogP contribution is -2.25. The minimum atomic E-state index is -0.226. The summed E-state index contributed by atoms with van der Waals surface area (Å²) in [7, 11) is 1.53. The summed E-state index contributed by atoms with van der Waals surface area (Å²) in [5, 5.41) is 10.6. The minimum absolute atomic E-state index is 0.0600. The van der Waals surface area contributed by atoms with Gasteiger partial charge in [-0.3, -0.25) is 4.79 Å². The van der Waals surface area contributed by atoms with Crippen molar-refractivity contribution in [2.45, 2.75) is 52.5 Å². The first-order chi connectivity index (χ1) is 11.5. The monoisotopic (exact) mass is 333 g/mol. The third kappa shape index (κ3) is 3.66. The molecule has 2 aromatic rings. The van der Waals surface area contributed by atoms with Gasteiger partial charge in [0.05, 0.1) is 19.2 Å². The largest absolute Gasteiger partial charge is 0.508 e. The molecule has 0 aliphatic rings. The highest BCUT2D eigenvalue weighted by atomic mass is 16.5. The van der Waals surface area contributed by atoms with E-state index in [4.69, 9.17) is 9.47 Å². The van der Waals surface area contributed by atoms with Crippen molar-refractivity contribution in [1.82, 2.24) is 4.57 Å². The minimum Gasteiger partial charge on any atom is -0.508 e. The molecule has 0 amide bonds. The molecule has 1 aromatic heterocycles. The number of benzene rings is 1. The molecule has 0 aliphatic carbocycles. The molecule has 0 unspecified atom stereocenters. The first-order valence-electron chi connectivity index (χ1n) is 8.59. The first-order valence-corrected chi connectivity index (χ1v) is 8.59. The van der Waals surface area contributed by atoms with Crippen molar-refractivity contribution < 1.29 is 14.6 Å².